The third-order valence-corrected chi connectivity index (χ3v) is 0.343. The summed E-state index contributed by atoms with van der Waals surface area (Å²) in [6.07, 6.45) is 1.45. The predicted molar refractivity (Wildman–Crippen MR) is 27.3 cm³/mol. The van der Waals surface area contributed by atoms with Gasteiger partial charge in [0.15, 0.2) is 0 Å². The lowest BCUT2D eigenvalue weighted by Gasteiger charge is -1.91. The van der Waals surface area contributed by atoms with Crippen molar-refractivity contribution in [2.75, 3.05) is 6.61 Å². The van der Waals surface area contributed by atoms with Gasteiger partial charge < -0.3 is 4.74 Å². The molecular formula is C4H5BO2. The summed E-state index contributed by atoms with van der Waals surface area (Å²) in [6, 6.07) is 0. The molecule has 2 radical (unpaired) electrons. The van der Waals surface area contributed by atoms with Gasteiger partial charge in [-0.05, 0) is 0 Å². The molecule has 0 saturated carbocycles. The number of ether oxygens (including phenoxy) is 1. The molecule has 2 nitrogen and oxygen atoms in total. The summed E-state index contributed by atoms with van der Waals surface area (Å²) in [6.45, 7) is 3.49. The topological polar surface area (TPSA) is 26.3 Å². The van der Waals surface area contributed by atoms with Gasteiger partial charge in [0, 0.05) is 0 Å². The molecule has 3 heteroatoms. The van der Waals surface area contributed by atoms with E-state index in [9.17, 15) is 4.79 Å². The van der Waals surface area contributed by atoms with Crippen molar-refractivity contribution in [3.8, 4) is 0 Å². The third-order valence-electron chi connectivity index (χ3n) is 0.343. The highest BCUT2D eigenvalue weighted by atomic mass is 16.5. The number of hydrogen-bond donors (Lipinski definition) is 0. The van der Waals surface area contributed by atoms with E-state index in [0.717, 1.165) is 0 Å². The van der Waals surface area contributed by atoms with Crippen LogP contribution in [0.5, 0.6) is 0 Å². The Labute approximate surface area is 43.6 Å². The molecule has 0 fully saturated rings. The SMILES string of the molecule is [B]C(=O)OCC=C. The van der Waals surface area contributed by atoms with E-state index in [1.807, 2.05) is 0 Å². The van der Waals surface area contributed by atoms with Crippen LogP contribution in [0.1, 0.15) is 0 Å². The van der Waals surface area contributed by atoms with Gasteiger partial charge in [0.1, 0.15) is 6.61 Å². The highest BCUT2D eigenvalue weighted by molar-refractivity contribution is 6.55. The van der Waals surface area contributed by atoms with Crippen LogP contribution in [0.4, 0.5) is 4.79 Å². The van der Waals surface area contributed by atoms with E-state index in [-0.39, 0.29) is 6.61 Å². The molecule has 0 aromatic carbocycles. The molecule has 0 bridgehead atoms. The molecule has 0 aliphatic heterocycles. The number of carbonyl (C=O) groups excluding carboxylic acids is 1. The Bertz CT molecular complexity index is 79.8. The standard InChI is InChI=1S/C4H5BO2/c1-2-3-7-4(5)6/h2H,1,3H2. The quantitative estimate of drug-likeness (QED) is 0.369. The average molecular weight is 95.9 g/mol. The summed E-state index contributed by atoms with van der Waals surface area (Å²) in [5, 5.41) is 0. The third kappa shape index (κ3) is 5.27. The Hall–Kier alpha value is -0.725. The fourth-order valence-corrected chi connectivity index (χ4v) is 0.141. The van der Waals surface area contributed by atoms with Gasteiger partial charge in [0.05, 0.1) is 0 Å². The first-order chi connectivity index (χ1) is 3.27. The van der Waals surface area contributed by atoms with Crippen LogP contribution in [0.25, 0.3) is 0 Å². The molecule has 0 amide bonds. The normalized spacial score (nSPS) is 7.43. The highest BCUT2D eigenvalue weighted by Crippen LogP contribution is 1.72. The van der Waals surface area contributed by atoms with Crippen molar-refractivity contribution < 1.29 is 9.53 Å². The highest BCUT2D eigenvalue weighted by Gasteiger charge is 1.83. The summed E-state index contributed by atoms with van der Waals surface area (Å²) in [5.41, 5.74) is 0. The summed E-state index contributed by atoms with van der Waals surface area (Å²) in [5.74, 6) is -0.764. The van der Waals surface area contributed by atoms with Crippen molar-refractivity contribution in [1.29, 1.82) is 0 Å². The van der Waals surface area contributed by atoms with Crippen LogP contribution < -0.4 is 0 Å². The minimum absolute atomic E-state index is 0.190. The van der Waals surface area contributed by atoms with E-state index in [0.29, 0.717) is 0 Å². The second kappa shape index (κ2) is 3.46. The fraction of sp³-hybridized carbons (Fsp3) is 0.250. The number of hydrogen-bond acceptors (Lipinski definition) is 2. The van der Waals surface area contributed by atoms with Gasteiger partial charge in [-0.1, -0.05) is 12.7 Å². The molecule has 0 aromatic rings. The molecule has 0 aliphatic carbocycles. The zero-order chi connectivity index (χ0) is 5.70. The average Bonchev–Trinajstić information content (AvgIpc) is 1.61. The fourth-order valence-electron chi connectivity index (χ4n) is 0.141. The van der Waals surface area contributed by atoms with Crippen LogP contribution in [-0.2, 0) is 4.74 Å². The molecule has 36 valence electrons. The van der Waals surface area contributed by atoms with Crippen molar-refractivity contribution in [3.63, 3.8) is 0 Å². The molecule has 0 aromatic heterocycles. The minimum Gasteiger partial charge on any atom is -0.470 e. The largest absolute Gasteiger partial charge is 0.470 e. The number of carbonyl (C=O) groups is 1. The van der Waals surface area contributed by atoms with Gasteiger partial charge in [-0.2, -0.15) is 0 Å². The van der Waals surface area contributed by atoms with Gasteiger partial charge in [0.2, 0.25) is 13.7 Å². The van der Waals surface area contributed by atoms with Crippen molar-refractivity contribution in [2.45, 2.75) is 0 Å². The monoisotopic (exact) mass is 96.0 g/mol. The van der Waals surface area contributed by atoms with E-state index >= 15 is 0 Å². The lowest BCUT2D eigenvalue weighted by atomic mass is 10.2. The van der Waals surface area contributed by atoms with E-state index in [1.54, 1.807) is 0 Å². The molecule has 0 atom stereocenters. The maximum absolute atomic E-state index is 9.71. The Balaban J connectivity index is 2.97. The maximum atomic E-state index is 9.71. The molecule has 0 N–H and O–H groups in total. The van der Waals surface area contributed by atoms with Gasteiger partial charge in [-0.25, -0.2) is 0 Å². The first kappa shape index (κ1) is 6.27. The van der Waals surface area contributed by atoms with E-state index in [1.165, 1.54) is 6.08 Å². The zero-order valence-corrected chi connectivity index (χ0v) is 3.89. The van der Waals surface area contributed by atoms with E-state index in [4.69, 9.17) is 0 Å². The van der Waals surface area contributed by atoms with Gasteiger partial charge >= 0.3 is 0 Å². The first-order valence-corrected chi connectivity index (χ1v) is 1.80. The van der Waals surface area contributed by atoms with Crippen LogP contribution in [0.3, 0.4) is 0 Å². The van der Waals surface area contributed by atoms with Gasteiger partial charge in [0.25, 0.3) is 0 Å². The Morgan fingerprint density at radius 3 is 2.71 bits per heavy atom. The van der Waals surface area contributed by atoms with Crippen molar-refractivity contribution in [1.82, 2.24) is 0 Å². The Morgan fingerprint density at radius 1 is 2.00 bits per heavy atom. The van der Waals surface area contributed by atoms with E-state index in [2.05, 4.69) is 19.2 Å². The summed E-state index contributed by atoms with van der Waals surface area (Å²) >= 11 is 0. The van der Waals surface area contributed by atoms with Crippen LogP contribution >= 0.6 is 0 Å². The summed E-state index contributed by atoms with van der Waals surface area (Å²) < 4.78 is 4.21. The molecule has 0 spiro atoms. The maximum Gasteiger partial charge on any atom is 0.236 e. The molecule has 0 aliphatic rings. The molecule has 0 saturated heterocycles. The van der Waals surface area contributed by atoms with Gasteiger partial charge in [-0.3, -0.25) is 4.79 Å². The molecule has 7 heavy (non-hydrogen) atoms. The lowest BCUT2D eigenvalue weighted by Crippen LogP contribution is -1.99. The lowest BCUT2D eigenvalue weighted by molar-refractivity contribution is 0.186. The Morgan fingerprint density at radius 2 is 2.57 bits per heavy atom. The molecular weight excluding hydrogens is 90.9 g/mol. The summed E-state index contributed by atoms with van der Waals surface area (Å²) in [4.78, 5) is 9.71. The first-order valence-electron chi connectivity index (χ1n) is 1.80. The zero-order valence-electron chi connectivity index (χ0n) is 3.89. The second-order valence-electron chi connectivity index (χ2n) is 0.919. The van der Waals surface area contributed by atoms with E-state index < -0.39 is 5.87 Å². The summed E-state index contributed by atoms with van der Waals surface area (Å²) in [7, 11) is 4.57. The smallest absolute Gasteiger partial charge is 0.236 e. The van der Waals surface area contributed by atoms with Crippen LogP contribution in [-0.4, -0.2) is 20.3 Å². The van der Waals surface area contributed by atoms with Crippen molar-refractivity contribution in [2.24, 2.45) is 0 Å². The van der Waals surface area contributed by atoms with Crippen LogP contribution in [0.2, 0.25) is 0 Å². The van der Waals surface area contributed by atoms with Gasteiger partial charge in [-0.15, -0.1) is 0 Å². The molecule has 0 unspecified atom stereocenters. The predicted octanol–water partition coefficient (Wildman–Crippen LogP) is 0.478. The van der Waals surface area contributed by atoms with Crippen molar-refractivity contribution >= 4 is 13.7 Å². The Kier molecular flexibility index (Phi) is 3.11. The molecule has 0 rings (SSSR count). The second-order valence-corrected chi connectivity index (χ2v) is 0.919. The van der Waals surface area contributed by atoms with Crippen LogP contribution in [0.15, 0.2) is 12.7 Å². The van der Waals surface area contributed by atoms with Crippen molar-refractivity contribution in [3.05, 3.63) is 12.7 Å². The molecule has 0 heterocycles. The number of rotatable bonds is 2. The van der Waals surface area contributed by atoms with Crippen LogP contribution in [0, 0.1) is 0 Å². The minimum atomic E-state index is -0.764.